The number of hydrogen-bond donors (Lipinski definition) is 6. The standard InChI is InChI=1S/4C17H31NO5.2C14H25NO5/c4*1-12(2)10-15(18-4)16(20)11-14(13(3)19)6-7-17(21)23-9-8-22-5;2*1-10(15-3)13(17)9-12(11(2)16)5-6-14(18)20-8-7-19-4/h4*12,14-15,18H,6-11H2,1-5H3;2*10,12,15H,5-9H2,1-4H3/t4*14?,15-;2*10-,12?/m000000/s1. The van der Waals surface area contributed by atoms with Gasteiger partial charge < -0.3 is 88.7 Å². The highest BCUT2D eigenvalue weighted by molar-refractivity contribution is 5.94. The summed E-state index contributed by atoms with van der Waals surface area (Å²) < 4.78 is 58.4. The first-order valence-corrected chi connectivity index (χ1v) is 46.2. The Morgan fingerprint density at radius 1 is 0.205 bits per heavy atom. The van der Waals surface area contributed by atoms with Crippen LogP contribution in [-0.2, 0) is 143 Å². The quantitative estimate of drug-likeness (QED) is 0.0189. The first-order valence-electron chi connectivity index (χ1n) is 46.2. The van der Waals surface area contributed by atoms with E-state index in [0.717, 1.165) is 25.7 Å². The molecule has 0 bridgehead atoms. The summed E-state index contributed by atoms with van der Waals surface area (Å²) in [6.45, 7) is 32.0. The third kappa shape index (κ3) is 77.7. The molecule has 0 aromatic rings. The Hall–Kier alpha value is -7.62. The van der Waals surface area contributed by atoms with E-state index in [0.29, 0.717) is 102 Å². The minimum absolute atomic E-state index is 0.0224. The molecule has 0 aromatic heterocycles. The van der Waals surface area contributed by atoms with Gasteiger partial charge in [0.1, 0.15) is 109 Å². The zero-order chi connectivity index (χ0) is 102. The molecule has 0 aliphatic carbocycles. The van der Waals surface area contributed by atoms with Crippen molar-refractivity contribution < 1.29 is 143 Å². The van der Waals surface area contributed by atoms with Gasteiger partial charge in [-0.3, -0.25) is 86.3 Å². The normalized spacial score (nSPS) is 13.6. The Morgan fingerprint density at radius 3 is 0.447 bits per heavy atom. The van der Waals surface area contributed by atoms with Gasteiger partial charge in [0, 0.05) is 155 Å². The molecular weight excluding hydrogens is 1720 g/mol. The minimum Gasteiger partial charge on any atom is -0.463 e. The molecule has 0 aromatic carbocycles. The maximum Gasteiger partial charge on any atom is 0.305 e. The van der Waals surface area contributed by atoms with Crippen LogP contribution in [0.1, 0.15) is 252 Å². The van der Waals surface area contributed by atoms with Crippen LogP contribution in [0.2, 0.25) is 0 Å². The van der Waals surface area contributed by atoms with Crippen molar-refractivity contribution in [2.24, 2.45) is 59.2 Å². The van der Waals surface area contributed by atoms with Crippen LogP contribution < -0.4 is 31.9 Å². The maximum absolute atomic E-state index is 12.3. The first-order chi connectivity index (χ1) is 62.1. The molecule has 0 radical (unpaired) electrons. The summed E-state index contributed by atoms with van der Waals surface area (Å²) in [5.74, 6) is -3.60. The first kappa shape index (κ1) is 135. The van der Waals surface area contributed by atoms with Crippen LogP contribution >= 0.6 is 0 Å². The molecule has 0 aliphatic rings. The fraction of sp³-hybridized carbons (Fsp3) is 0.812. The van der Waals surface area contributed by atoms with Crippen LogP contribution in [0.5, 0.6) is 0 Å². The van der Waals surface area contributed by atoms with Crippen molar-refractivity contribution in [2.75, 3.05) is 164 Å². The van der Waals surface area contributed by atoms with E-state index < -0.39 is 35.5 Å². The van der Waals surface area contributed by atoms with Gasteiger partial charge in [-0.25, -0.2) is 0 Å². The topological polar surface area (TPSA) is 490 Å². The molecule has 0 fully saturated rings. The zero-order valence-electron chi connectivity index (χ0n) is 85.5. The number of ether oxygens (including phenoxy) is 12. The molecule has 768 valence electrons. The summed E-state index contributed by atoms with van der Waals surface area (Å²) in [6, 6.07) is -1.55. The van der Waals surface area contributed by atoms with E-state index in [1.54, 1.807) is 56.1 Å². The van der Waals surface area contributed by atoms with Crippen molar-refractivity contribution in [2.45, 2.75) is 288 Å². The van der Waals surface area contributed by atoms with E-state index in [2.05, 4.69) is 87.3 Å². The summed E-state index contributed by atoms with van der Waals surface area (Å²) in [5.41, 5.74) is 0. The lowest BCUT2D eigenvalue weighted by molar-refractivity contribution is -0.146. The molecule has 12 atom stereocenters. The number of likely N-dealkylation sites (N-methyl/N-ethyl adjacent to an activating group) is 6. The highest BCUT2D eigenvalue weighted by atomic mass is 16.6. The van der Waals surface area contributed by atoms with Crippen molar-refractivity contribution in [1.29, 1.82) is 0 Å². The summed E-state index contributed by atoms with van der Waals surface area (Å²) in [5, 5.41) is 17.7. The van der Waals surface area contributed by atoms with Crippen LogP contribution in [-0.4, -0.2) is 306 Å². The molecular formula is C96H174N6O30. The lowest BCUT2D eigenvalue weighted by Crippen LogP contribution is -2.37. The van der Waals surface area contributed by atoms with Crippen molar-refractivity contribution >= 4 is 105 Å². The smallest absolute Gasteiger partial charge is 0.305 e. The third-order valence-electron chi connectivity index (χ3n) is 21.2. The van der Waals surface area contributed by atoms with Gasteiger partial charge in [-0.05, 0) is 186 Å². The molecule has 36 heteroatoms. The number of hydrogen-bond acceptors (Lipinski definition) is 36. The van der Waals surface area contributed by atoms with E-state index in [9.17, 15) is 86.3 Å². The van der Waals surface area contributed by atoms with E-state index in [1.165, 1.54) is 84.2 Å². The second-order valence-electron chi connectivity index (χ2n) is 34.3. The lowest BCUT2D eigenvalue weighted by Gasteiger charge is -2.20. The SMILES string of the molecule is CN[C@@H](C)C(=O)CC(CCC(=O)OCCOC)C(C)=O.CN[C@@H](C)C(=O)CC(CCC(=O)OCCOC)C(C)=O.CN[C@@H](CC(C)C)C(=O)CC(CCC(=O)OCCOC)C(C)=O.CN[C@@H](CC(C)C)C(=O)CC(CCC(=O)OCCOC)C(C)=O.CN[C@@H](CC(C)C)C(=O)CC(CCC(=O)OCCOC)C(C)=O.CN[C@@H](CC(C)C)C(=O)CC(CCC(=O)OCCOC)C(C)=O. The van der Waals surface area contributed by atoms with Crippen LogP contribution in [0.25, 0.3) is 0 Å². The Morgan fingerprint density at radius 2 is 0.341 bits per heavy atom. The lowest BCUT2D eigenvalue weighted by atomic mass is 9.89. The summed E-state index contributed by atoms with van der Waals surface area (Å²) in [4.78, 5) is 212. The van der Waals surface area contributed by atoms with Gasteiger partial charge in [-0.15, -0.1) is 0 Å². The second kappa shape index (κ2) is 86.2. The van der Waals surface area contributed by atoms with E-state index in [1.807, 2.05) is 0 Å². The van der Waals surface area contributed by atoms with E-state index in [-0.39, 0.29) is 258 Å². The van der Waals surface area contributed by atoms with E-state index >= 15 is 0 Å². The Bertz CT molecular complexity index is 2910. The minimum atomic E-state index is -0.430. The molecule has 0 amide bonds. The Balaban J connectivity index is -0.000000361. The van der Waals surface area contributed by atoms with Crippen LogP contribution in [0.3, 0.4) is 0 Å². The number of esters is 6. The molecule has 6 unspecified atom stereocenters. The average Bonchev–Trinajstić information content (AvgIpc) is 0.903. The van der Waals surface area contributed by atoms with Gasteiger partial charge in [0.25, 0.3) is 0 Å². The fourth-order valence-corrected chi connectivity index (χ4v) is 12.5. The van der Waals surface area contributed by atoms with Crippen LogP contribution in [0.15, 0.2) is 0 Å². The van der Waals surface area contributed by atoms with Crippen molar-refractivity contribution in [1.82, 2.24) is 31.9 Å². The molecule has 0 saturated carbocycles. The van der Waals surface area contributed by atoms with E-state index in [4.69, 9.17) is 56.8 Å². The average molecular weight is 1890 g/mol. The molecule has 0 aliphatic heterocycles. The highest BCUT2D eigenvalue weighted by Gasteiger charge is 2.31. The highest BCUT2D eigenvalue weighted by Crippen LogP contribution is 2.24. The van der Waals surface area contributed by atoms with Crippen molar-refractivity contribution in [3.8, 4) is 0 Å². The Labute approximate surface area is 788 Å². The summed E-state index contributed by atoms with van der Waals surface area (Å²) >= 11 is 0. The molecule has 6 N–H and O–H groups in total. The summed E-state index contributed by atoms with van der Waals surface area (Å²) in [6.07, 6.45) is 6.75. The zero-order valence-corrected chi connectivity index (χ0v) is 85.5. The molecule has 0 spiro atoms. The number of carbonyl (C=O) groups excluding carboxylic acids is 18. The Kier molecular flexibility index (Phi) is 88.3. The monoisotopic (exact) mass is 1890 g/mol. The van der Waals surface area contributed by atoms with Gasteiger partial charge >= 0.3 is 35.8 Å². The largest absolute Gasteiger partial charge is 0.463 e. The fourth-order valence-electron chi connectivity index (χ4n) is 12.5. The number of ketones is 12. The van der Waals surface area contributed by atoms with Gasteiger partial charge in [-0.2, -0.15) is 0 Å². The number of rotatable bonds is 74. The molecule has 0 rings (SSSR count). The predicted octanol–water partition coefficient (Wildman–Crippen LogP) is 8.48. The number of carbonyl (C=O) groups is 18. The molecule has 0 saturated heterocycles. The molecule has 36 nitrogen and oxygen atoms in total. The third-order valence-corrected chi connectivity index (χ3v) is 21.2. The predicted molar refractivity (Wildman–Crippen MR) is 501 cm³/mol. The van der Waals surface area contributed by atoms with Crippen molar-refractivity contribution in [3.63, 3.8) is 0 Å². The van der Waals surface area contributed by atoms with Gasteiger partial charge in [0.05, 0.1) is 75.9 Å². The van der Waals surface area contributed by atoms with Crippen LogP contribution in [0, 0.1) is 59.2 Å². The maximum atomic E-state index is 12.3. The van der Waals surface area contributed by atoms with Gasteiger partial charge in [0.15, 0.2) is 0 Å². The van der Waals surface area contributed by atoms with Crippen molar-refractivity contribution in [3.05, 3.63) is 0 Å². The van der Waals surface area contributed by atoms with Gasteiger partial charge in [0.2, 0.25) is 0 Å². The number of methoxy groups -OCH3 is 6. The summed E-state index contributed by atoms with van der Waals surface area (Å²) in [7, 11) is 19.5. The number of nitrogens with one attached hydrogen (secondary N) is 6. The van der Waals surface area contributed by atoms with Crippen LogP contribution in [0.4, 0.5) is 0 Å². The molecule has 132 heavy (non-hydrogen) atoms. The van der Waals surface area contributed by atoms with Gasteiger partial charge in [-0.1, -0.05) is 55.4 Å². The molecule has 0 heterocycles. The second-order valence-corrected chi connectivity index (χ2v) is 34.3. The number of Topliss-reactive ketones (excluding diaryl/α,β-unsaturated/α-hetero) is 12.